The van der Waals surface area contributed by atoms with Gasteiger partial charge in [0.05, 0.1) is 16.8 Å². The van der Waals surface area contributed by atoms with Crippen LogP contribution < -0.4 is 5.32 Å². The first-order valence-electron chi connectivity index (χ1n) is 6.52. The van der Waals surface area contributed by atoms with E-state index in [1.165, 1.54) is 12.1 Å². The zero-order chi connectivity index (χ0) is 16.3. The summed E-state index contributed by atoms with van der Waals surface area (Å²) in [7, 11) is 0. The number of carboxylic acid groups (broad SMARTS) is 1. The van der Waals surface area contributed by atoms with Crippen LogP contribution >= 0.6 is 11.6 Å². The van der Waals surface area contributed by atoms with Gasteiger partial charge in [0.2, 0.25) is 5.91 Å². The number of hydrogen-bond donors (Lipinski definition) is 2. The standard InChI is InChI=1S/C14H13ClN2O5/c15-11-6-5-8(7-12(11)17(21)22)16-13(18)9-3-1-2-4-10(9)14(19)20/h1-2,5-7,9-10H,3-4H2,(H,16,18)(H,19,20)/t9-,10-/m1/s1. The van der Waals surface area contributed by atoms with Gasteiger partial charge in [-0.15, -0.1) is 0 Å². The van der Waals surface area contributed by atoms with E-state index in [1.807, 2.05) is 0 Å². The number of benzene rings is 1. The maximum atomic E-state index is 12.2. The van der Waals surface area contributed by atoms with Gasteiger partial charge >= 0.3 is 5.97 Å². The third kappa shape index (κ3) is 3.43. The number of nitrogens with one attached hydrogen (secondary N) is 1. The Morgan fingerprint density at radius 2 is 1.91 bits per heavy atom. The van der Waals surface area contributed by atoms with Crippen molar-refractivity contribution in [3.05, 3.63) is 45.5 Å². The first kappa shape index (κ1) is 16.0. The fraction of sp³-hybridized carbons (Fsp3) is 0.286. The van der Waals surface area contributed by atoms with Crippen LogP contribution in [0.4, 0.5) is 11.4 Å². The van der Waals surface area contributed by atoms with Crippen LogP contribution in [0.1, 0.15) is 12.8 Å². The molecule has 1 aromatic rings. The number of carboxylic acids is 1. The van der Waals surface area contributed by atoms with Crippen LogP contribution in [-0.4, -0.2) is 21.9 Å². The number of anilines is 1. The van der Waals surface area contributed by atoms with E-state index in [1.54, 1.807) is 12.2 Å². The van der Waals surface area contributed by atoms with Crippen LogP contribution in [-0.2, 0) is 9.59 Å². The van der Waals surface area contributed by atoms with E-state index in [9.17, 15) is 19.7 Å². The summed E-state index contributed by atoms with van der Waals surface area (Å²) in [5.41, 5.74) is -0.113. The lowest BCUT2D eigenvalue weighted by Crippen LogP contribution is -2.34. The number of nitrogens with zero attached hydrogens (tertiary/aromatic N) is 1. The Balaban J connectivity index is 2.18. The predicted octanol–water partition coefficient (Wildman–Crippen LogP) is 2.85. The minimum atomic E-state index is -1.04. The minimum Gasteiger partial charge on any atom is -0.481 e. The van der Waals surface area contributed by atoms with Crippen LogP contribution in [0.5, 0.6) is 0 Å². The van der Waals surface area contributed by atoms with Gasteiger partial charge < -0.3 is 10.4 Å². The second-order valence-electron chi connectivity index (χ2n) is 4.91. The topological polar surface area (TPSA) is 110 Å². The summed E-state index contributed by atoms with van der Waals surface area (Å²) in [6.45, 7) is 0. The molecule has 0 bridgehead atoms. The Labute approximate surface area is 130 Å². The van der Waals surface area contributed by atoms with Gasteiger partial charge in [0.25, 0.3) is 5.69 Å². The van der Waals surface area contributed by atoms with E-state index >= 15 is 0 Å². The molecule has 0 unspecified atom stereocenters. The molecule has 8 heteroatoms. The van der Waals surface area contributed by atoms with Crippen LogP contribution in [0.2, 0.25) is 5.02 Å². The fourth-order valence-electron chi connectivity index (χ4n) is 2.34. The van der Waals surface area contributed by atoms with Crippen molar-refractivity contribution in [2.45, 2.75) is 12.8 Å². The summed E-state index contributed by atoms with van der Waals surface area (Å²) in [5, 5.41) is 22.5. The second kappa shape index (κ2) is 6.57. The highest BCUT2D eigenvalue weighted by Crippen LogP contribution is 2.30. The number of amides is 1. The lowest BCUT2D eigenvalue weighted by molar-refractivity contribution is -0.384. The number of carbonyl (C=O) groups is 2. The van der Waals surface area contributed by atoms with Gasteiger partial charge in [0, 0.05) is 11.8 Å². The highest BCUT2D eigenvalue weighted by molar-refractivity contribution is 6.32. The number of nitro groups is 1. The van der Waals surface area contributed by atoms with Crippen molar-refractivity contribution in [2.75, 3.05) is 5.32 Å². The molecule has 2 atom stereocenters. The number of rotatable bonds is 4. The molecule has 7 nitrogen and oxygen atoms in total. The number of carbonyl (C=O) groups excluding carboxylic acids is 1. The maximum Gasteiger partial charge on any atom is 0.307 e. The van der Waals surface area contributed by atoms with Gasteiger partial charge in [0.1, 0.15) is 5.02 Å². The second-order valence-corrected chi connectivity index (χ2v) is 5.31. The van der Waals surface area contributed by atoms with Crippen molar-refractivity contribution in [1.29, 1.82) is 0 Å². The smallest absolute Gasteiger partial charge is 0.307 e. The minimum absolute atomic E-state index is 0.0352. The molecule has 0 aromatic heterocycles. The van der Waals surface area contributed by atoms with Gasteiger partial charge in [-0.3, -0.25) is 19.7 Å². The van der Waals surface area contributed by atoms with E-state index in [-0.39, 0.29) is 22.8 Å². The molecule has 0 heterocycles. The van der Waals surface area contributed by atoms with Gasteiger partial charge in [-0.1, -0.05) is 23.8 Å². The van der Waals surface area contributed by atoms with Gasteiger partial charge in [-0.2, -0.15) is 0 Å². The third-order valence-corrected chi connectivity index (χ3v) is 3.82. The molecule has 1 aliphatic rings. The molecular formula is C14H13ClN2O5. The zero-order valence-corrected chi connectivity index (χ0v) is 12.1. The summed E-state index contributed by atoms with van der Waals surface area (Å²) in [6, 6.07) is 3.89. The van der Waals surface area contributed by atoms with E-state index < -0.39 is 28.6 Å². The molecule has 0 spiro atoms. The van der Waals surface area contributed by atoms with Crippen molar-refractivity contribution in [2.24, 2.45) is 11.8 Å². The highest BCUT2D eigenvalue weighted by atomic mass is 35.5. The number of hydrogen-bond acceptors (Lipinski definition) is 4. The summed E-state index contributed by atoms with van der Waals surface area (Å²) in [4.78, 5) is 33.6. The van der Waals surface area contributed by atoms with Crippen LogP contribution in [0.25, 0.3) is 0 Å². The van der Waals surface area contributed by atoms with Crippen molar-refractivity contribution in [1.82, 2.24) is 0 Å². The predicted molar refractivity (Wildman–Crippen MR) is 79.7 cm³/mol. The van der Waals surface area contributed by atoms with Crippen molar-refractivity contribution in [3.63, 3.8) is 0 Å². The summed E-state index contributed by atoms with van der Waals surface area (Å²) >= 11 is 5.70. The molecule has 2 N–H and O–H groups in total. The Bertz CT molecular complexity index is 659. The van der Waals surface area contributed by atoms with Gasteiger partial charge in [0.15, 0.2) is 0 Å². The quantitative estimate of drug-likeness (QED) is 0.502. The summed E-state index contributed by atoms with van der Waals surface area (Å²) in [5.74, 6) is -3.02. The van der Waals surface area contributed by atoms with Crippen molar-refractivity contribution in [3.8, 4) is 0 Å². The molecule has 0 saturated carbocycles. The van der Waals surface area contributed by atoms with Gasteiger partial charge in [-0.05, 0) is 25.0 Å². The number of halogens is 1. The number of aliphatic carboxylic acids is 1. The molecule has 1 amide bonds. The molecule has 2 rings (SSSR count). The van der Waals surface area contributed by atoms with E-state index in [2.05, 4.69) is 5.32 Å². The largest absolute Gasteiger partial charge is 0.481 e. The highest BCUT2D eigenvalue weighted by Gasteiger charge is 2.34. The Morgan fingerprint density at radius 1 is 1.27 bits per heavy atom. The number of nitro benzene ring substituents is 1. The van der Waals surface area contributed by atoms with E-state index in [4.69, 9.17) is 16.7 Å². The lowest BCUT2D eigenvalue weighted by Gasteiger charge is -2.24. The number of allylic oxidation sites excluding steroid dienone is 2. The van der Waals surface area contributed by atoms with Gasteiger partial charge in [-0.25, -0.2) is 0 Å². The van der Waals surface area contributed by atoms with E-state index in [0.29, 0.717) is 6.42 Å². The molecule has 1 aliphatic carbocycles. The monoisotopic (exact) mass is 324 g/mol. The Kier molecular flexibility index (Phi) is 4.77. The molecule has 0 aliphatic heterocycles. The van der Waals surface area contributed by atoms with Crippen molar-refractivity contribution >= 4 is 34.9 Å². The summed E-state index contributed by atoms with van der Waals surface area (Å²) in [6.07, 6.45) is 4.09. The summed E-state index contributed by atoms with van der Waals surface area (Å²) < 4.78 is 0. The average molecular weight is 325 g/mol. The Hall–Kier alpha value is -2.41. The third-order valence-electron chi connectivity index (χ3n) is 3.50. The first-order chi connectivity index (χ1) is 10.4. The molecular weight excluding hydrogens is 312 g/mol. The average Bonchev–Trinajstić information content (AvgIpc) is 2.48. The Morgan fingerprint density at radius 3 is 2.50 bits per heavy atom. The maximum absolute atomic E-state index is 12.2. The van der Waals surface area contributed by atoms with Crippen LogP contribution in [0, 0.1) is 22.0 Å². The van der Waals surface area contributed by atoms with Crippen molar-refractivity contribution < 1.29 is 19.6 Å². The molecule has 116 valence electrons. The molecule has 1 aromatic carbocycles. The molecule has 0 fully saturated rings. The molecule has 0 saturated heterocycles. The van der Waals surface area contributed by atoms with Crippen LogP contribution in [0.15, 0.2) is 30.4 Å². The normalized spacial score (nSPS) is 20.4. The fourth-order valence-corrected chi connectivity index (χ4v) is 2.53. The molecule has 0 radical (unpaired) electrons. The lowest BCUT2D eigenvalue weighted by atomic mass is 9.82. The van der Waals surface area contributed by atoms with Crippen LogP contribution in [0.3, 0.4) is 0 Å². The zero-order valence-electron chi connectivity index (χ0n) is 11.4. The molecule has 22 heavy (non-hydrogen) atoms. The first-order valence-corrected chi connectivity index (χ1v) is 6.90. The SMILES string of the molecule is O=C(O)[C@@H]1CC=CC[C@H]1C(=O)Nc1ccc(Cl)c([N+](=O)[O-])c1. The van der Waals surface area contributed by atoms with E-state index in [0.717, 1.165) is 6.07 Å².